The fourth-order valence-corrected chi connectivity index (χ4v) is 3.63. The molecule has 0 aliphatic heterocycles. The molecule has 8 heteroatoms. The van der Waals surface area contributed by atoms with Gasteiger partial charge in [0.2, 0.25) is 0 Å². The molecule has 3 rings (SSSR count). The van der Waals surface area contributed by atoms with Gasteiger partial charge in [0.15, 0.2) is 11.6 Å². The van der Waals surface area contributed by atoms with Crippen molar-refractivity contribution in [1.29, 1.82) is 5.41 Å². The normalized spacial score (nSPS) is 12.5. The van der Waals surface area contributed by atoms with E-state index in [0.717, 1.165) is 34.5 Å². The molecule has 32 heavy (non-hydrogen) atoms. The van der Waals surface area contributed by atoms with Gasteiger partial charge in [-0.2, -0.15) is 5.10 Å². The number of aryl methyl sites for hydroxylation is 2. The minimum absolute atomic E-state index is 0.00800. The van der Waals surface area contributed by atoms with Crippen molar-refractivity contribution in [2.75, 3.05) is 12.3 Å². The molecule has 0 saturated heterocycles. The van der Waals surface area contributed by atoms with Gasteiger partial charge in [-0.05, 0) is 32.9 Å². The number of nitrogens with one attached hydrogen (secondary N) is 2. The number of halogens is 1. The van der Waals surface area contributed by atoms with Crippen LogP contribution in [0, 0.1) is 12.3 Å². The van der Waals surface area contributed by atoms with Crippen LogP contribution in [0.3, 0.4) is 0 Å². The number of anilines is 1. The van der Waals surface area contributed by atoms with Crippen LogP contribution in [0.2, 0.25) is 0 Å². The van der Waals surface area contributed by atoms with E-state index in [2.05, 4.69) is 28.5 Å². The van der Waals surface area contributed by atoms with Crippen LogP contribution < -0.4 is 15.8 Å². The number of nitrogens with zero attached hydrogens (tertiary/aromatic N) is 3. The summed E-state index contributed by atoms with van der Waals surface area (Å²) in [7, 11) is 1.89. The van der Waals surface area contributed by atoms with Gasteiger partial charge in [0, 0.05) is 60.9 Å². The Bertz CT molecular complexity index is 1140. The first-order valence-electron chi connectivity index (χ1n) is 10.5. The highest BCUT2D eigenvalue weighted by Gasteiger charge is 2.20. The van der Waals surface area contributed by atoms with Crippen LogP contribution in [-0.4, -0.2) is 26.5 Å². The number of rotatable bonds is 9. The minimum Gasteiger partial charge on any atom is -0.482 e. The van der Waals surface area contributed by atoms with Gasteiger partial charge in [0.1, 0.15) is 11.3 Å². The van der Waals surface area contributed by atoms with Gasteiger partial charge in [0.25, 0.3) is 0 Å². The third-order valence-electron chi connectivity index (χ3n) is 5.05. The van der Waals surface area contributed by atoms with Crippen LogP contribution in [-0.2, 0) is 13.5 Å². The van der Waals surface area contributed by atoms with Gasteiger partial charge in [-0.25, -0.2) is 4.98 Å². The van der Waals surface area contributed by atoms with Crippen LogP contribution in [0.15, 0.2) is 54.5 Å². The quantitative estimate of drug-likeness (QED) is 0.406. The lowest BCUT2D eigenvalue weighted by Gasteiger charge is -2.20. The highest BCUT2D eigenvalue weighted by Crippen LogP contribution is 2.34. The van der Waals surface area contributed by atoms with E-state index in [0.29, 0.717) is 23.6 Å². The van der Waals surface area contributed by atoms with Crippen LogP contribution in [0.25, 0.3) is 11.3 Å². The summed E-state index contributed by atoms with van der Waals surface area (Å²) < 4.78 is 7.95. The third kappa shape index (κ3) is 5.48. The number of aromatic nitrogens is 3. The summed E-state index contributed by atoms with van der Waals surface area (Å²) in [6.07, 6.45) is 5.59. The molecule has 0 saturated carbocycles. The Morgan fingerprint density at radius 3 is 2.84 bits per heavy atom. The molecule has 0 spiro atoms. The maximum atomic E-state index is 7.94. The lowest BCUT2D eigenvalue weighted by atomic mass is 9.94. The zero-order valence-electron chi connectivity index (χ0n) is 18.8. The Morgan fingerprint density at radius 2 is 2.16 bits per heavy atom. The van der Waals surface area contributed by atoms with E-state index >= 15 is 0 Å². The Labute approximate surface area is 193 Å². The van der Waals surface area contributed by atoms with Crippen molar-refractivity contribution in [3.05, 3.63) is 71.2 Å². The number of nitrogens with two attached hydrogens (primary N) is 1. The lowest BCUT2D eigenvalue weighted by Crippen LogP contribution is -2.09. The number of allylic oxidation sites excluding steroid dienone is 1. The minimum atomic E-state index is -0.283. The highest BCUT2D eigenvalue weighted by atomic mass is 35.5. The van der Waals surface area contributed by atoms with E-state index in [-0.39, 0.29) is 11.3 Å². The molecular formula is C24H29ClN6O. The molecule has 7 nitrogen and oxygen atoms in total. The van der Waals surface area contributed by atoms with E-state index in [1.165, 1.54) is 0 Å². The monoisotopic (exact) mass is 452 g/mol. The smallest absolute Gasteiger partial charge is 0.166 e. The van der Waals surface area contributed by atoms with Crippen LogP contribution in [0.5, 0.6) is 5.75 Å². The van der Waals surface area contributed by atoms with Gasteiger partial charge in [-0.1, -0.05) is 35.4 Å². The summed E-state index contributed by atoms with van der Waals surface area (Å²) in [4.78, 5) is 4.11. The molecule has 0 fully saturated rings. The second kappa shape index (κ2) is 10.3. The van der Waals surface area contributed by atoms with Crippen molar-refractivity contribution in [3.63, 3.8) is 0 Å². The second-order valence-electron chi connectivity index (χ2n) is 7.63. The molecule has 0 bridgehead atoms. The Balaban J connectivity index is 2.02. The molecule has 0 aliphatic carbocycles. The van der Waals surface area contributed by atoms with E-state index in [9.17, 15) is 0 Å². The third-order valence-corrected chi connectivity index (χ3v) is 5.29. The average Bonchev–Trinajstić information content (AvgIpc) is 3.12. The average molecular weight is 453 g/mol. The van der Waals surface area contributed by atoms with Gasteiger partial charge in [0.05, 0.1) is 5.69 Å². The summed E-state index contributed by atoms with van der Waals surface area (Å²) in [5.41, 5.74) is 11.6. The zero-order chi connectivity index (χ0) is 23.3. The van der Waals surface area contributed by atoms with E-state index < -0.39 is 0 Å². The maximum Gasteiger partial charge on any atom is 0.166 e. The SMILES string of the molecule is CCN/C=C(/Cc1cn(C)nc1-c1ccc(C)cc1[C@@H](C)Oc1cccnc1N)C(=N)Cl. The molecule has 168 valence electrons. The molecular weight excluding hydrogens is 424 g/mol. The molecule has 0 amide bonds. The molecule has 1 atom stereocenters. The fourth-order valence-electron chi connectivity index (χ4n) is 3.51. The van der Waals surface area contributed by atoms with Crippen molar-refractivity contribution < 1.29 is 4.74 Å². The molecule has 0 radical (unpaired) electrons. The molecule has 4 N–H and O–H groups in total. The first-order chi connectivity index (χ1) is 15.3. The van der Waals surface area contributed by atoms with Gasteiger partial charge >= 0.3 is 0 Å². The van der Waals surface area contributed by atoms with Gasteiger partial charge in [-0.15, -0.1) is 0 Å². The molecule has 2 heterocycles. The van der Waals surface area contributed by atoms with Crippen molar-refractivity contribution in [2.24, 2.45) is 7.05 Å². The largest absolute Gasteiger partial charge is 0.482 e. The Hall–Kier alpha value is -3.32. The summed E-state index contributed by atoms with van der Waals surface area (Å²) >= 11 is 6.05. The molecule has 2 aromatic heterocycles. The van der Waals surface area contributed by atoms with Crippen molar-refractivity contribution in [1.82, 2.24) is 20.1 Å². The van der Waals surface area contributed by atoms with E-state index in [4.69, 9.17) is 32.6 Å². The Kier molecular flexibility index (Phi) is 7.53. The first-order valence-corrected chi connectivity index (χ1v) is 10.8. The van der Waals surface area contributed by atoms with Crippen LogP contribution in [0.4, 0.5) is 5.82 Å². The van der Waals surface area contributed by atoms with Crippen LogP contribution in [0.1, 0.15) is 36.6 Å². The summed E-state index contributed by atoms with van der Waals surface area (Å²) in [6.45, 7) is 6.78. The summed E-state index contributed by atoms with van der Waals surface area (Å²) in [6, 6.07) is 9.82. The van der Waals surface area contributed by atoms with E-state index in [1.807, 2.05) is 40.1 Å². The molecule has 0 aliphatic rings. The van der Waals surface area contributed by atoms with Gasteiger partial charge < -0.3 is 15.8 Å². The van der Waals surface area contributed by atoms with E-state index in [1.54, 1.807) is 23.1 Å². The molecule has 3 aromatic rings. The predicted molar refractivity (Wildman–Crippen MR) is 130 cm³/mol. The second-order valence-corrected chi connectivity index (χ2v) is 8.01. The molecule has 1 aromatic carbocycles. The van der Waals surface area contributed by atoms with Gasteiger partial charge in [-0.3, -0.25) is 10.1 Å². The first kappa shape index (κ1) is 23.3. The molecule has 0 unspecified atom stereocenters. The maximum absolute atomic E-state index is 7.94. The highest BCUT2D eigenvalue weighted by molar-refractivity contribution is 6.68. The van der Waals surface area contributed by atoms with Crippen molar-refractivity contribution in [3.8, 4) is 17.0 Å². The number of benzene rings is 1. The number of nitrogen functional groups attached to an aromatic ring is 1. The summed E-state index contributed by atoms with van der Waals surface area (Å²) in [5, 5.41) is 15.8. The van der Waals surface area contributed by atoms with Crippen molar-refractivity contribution >= 4 is 22.6 Å². The number of hydrogen-bond donors (Lipinski definition) is 3. The zero-order valence-corrected chi connectivity index (χ0v) is 19.6. The Morgan fingerprint density at radius 1 is 1.38 bits per heavy atom. The predicted octanol–water partition coefficient (Wildman–Crippen LogP) is 4.76. The van der Waals surface area contributed by atoms with Crippen LogP contribution >= 0.6 is 11.6 Å². The summed E-state index contributed by atoms with van der Waals surface area (Å²) in [5.74, 6) is 0.894. The number of hydrogen-bond acceptors (Lipinski definition) is 6. The lowest BCUT2D eigenvalue weighted by molar-refractivity contribution is 0.228. The number of ether oxygens (including phenoxy) is 1. The standard InChI is InChI=1S/C24H29ClN6O/c1-5-28-13-17(23(25)26)12-18-14-31(4)30-22(18)19-9-8-15(2)11-20(19)16(3)32-21-7-6-10-29-24(21)27/h6-11,13-14,16,26,28H,5,12H2,1-4H3,(H2,27,29)/b17-13-,26-23?/t16-/m1/s1. The topological polar surface area (TPSA) is 102 Å². The van der Waals surface area contributed by atoms with Crippen molar-refractivity contribution in [2.45, 2.75) is 33.3 Å². The fraction of sp³-hybridized carbons (Fsp3) is 0.292. The number of pyridine rings is 1.